The first kappa shape index (κ1) is 15.3. The van der Waals surface area contributed by atoms with Crippen molar-refractivity contribution < 1.29 is 9.53 Å². The van der Waals surface area contributed by atoms with Crippen LogP contribution in [0.4, 0.5) is 0 Å². The molecule has 0 aromatic carbocycles. The highest BCUT2D eigenvalue weighted by Gasteiger charge is 2.71. The zero-order valence-electron chi connectivity index (χ0n) is 13.9. The van der Waals surface area contributed by atoms with Crippen LogP contribution in [-0.4, -0.2) is 41.6 Å². The van der Waals surface area contributed by atoms with E-state index in [1.54, 1.807) is 0 Å². The van der Waals surface area contributed by atoms with Crippen LogP contribution >= 0.6 is 0 Å². The molecule has 3 aliphatic rings. The van der Waals surface area contributed by atoms with E-state index in [0.717, 1.165) is 26.0 Å². The van der Waals surface area contributed by atoms with E-state index >= 15 is 0 Å². The number of hydrogen-bond acceptors (Lipinski definition) is 3. The van der Waals surface area contributed by atoms with Gasteiger partial charge in [-0.05, 0) is 45.4 Å². The van der Waals surface area contributed by atoms with Crippen LogP contribution < -0.4 is 5.73 Å². The molecule has 1 amide bonds. The van der Waals surface area contributed by atoms with Gasteiger partial charge in [-0.25, -0.2) is 0 Å². The standard InChI is InChI=1S/C17H30N2O2/c1-11(2)19(10-12-7-8-12)15(20)17(18)13-6-5-9-21-14(13)16(17,3)4/h11-14H,5-10,18H2,1-4H3. The SMILES string of the molecule is CC(C)N(CC1CC1)C(=O)C1(N)C2CCCOC2C1(C)C. The van der Waals surface area contributed by atoms with Gasteiger partial charge in [0.25, 0.3) is 0 Å². The lowest BCUT2D eigenvalue weighted by atomic mass is 9.46. The van der Waals surface area contributed by atoms with E-state index in [-0.39, 0.29) is 29.4 Å². The van der Waals surface area contributed by atoms with Crippen molar-refractivity contribution in [1.29, 1.82) is 0 Å². The molecule has 1 heterocycles. The van der Waals surface area contributed by atoms with Gasteiger partial charge in [0.2, 0.25) is 5.91 Å². The third kappa shape index (κ3) is 2.14. The Labute approximate surface area is 128 Å². The summed E-state index contributed by atoms with van der Waals surface area (Å²) in [5, 5.41) is 0. The summed E-state index contributed by atoms with van der Waals surface area (Å²) in [5.41, 5.74) is 5.72. The summed E-state index contributed by atoms with van der Waals surface area (Å²) in [4.78, 5) is 15.3. The Bertz CT molecular complexity index is 431. The molecule has 3 fully saturated rings. The van der Waals surface area contributed by atoms with Gasteiger partial charge in [-0.3, -0.25) is 4.79 Å². The summed E-state index contributed by atoms with van der Waals surface area (Å²) < 4.78 is 5.92. The Balaban J connectivity index is 1.83. The molecule has 3 unspecified atom stereocenters. The quantitative estimate of drug-likeness (QED) is 0.864. The number of rotatable bonds is 4. The summed E-state index contributed by atoms with van der Waals surface area (Å²) in [6, 6.07) is 0.220. The van der Waals surface area contributed by atoms with Crippen molar-refractivity contribution in [2.75, 3.05) is 13.2 Å². The molecule has 3 atom stereocenters. The molecule has 2 aliphatic carbocycles. The van der Waals surface area contributed by atoms with Crippen LogP contribution in [0.3, 0.4) is 0 Å². The second-order valence-corrected chi connectivity index (χ2v) is 8.13. The third-order valence-corrected chi connectivity index (χ3v) is 6.07. The minimum absolute atomic E-state index is 0.148. The molecular formula is C17H30N2O2. The molecule has 0 aromatic heterocycles. The van der Waals surface area contributed by atoms with Crippen molar-refractivity contribution in [1.82, 2.24) is 4.90 Å². The number of hydrogen-bond donors (Lipinski definition) is 1. The van der Waals surface area contributed by atoms with Crippen LogP contribution in [0.5, 0.6) is 0 Å². The van der Waals surface area contributed by atoms with E-state index in [4.69, 9.17) is 10.5 Å². The Morgan fingerprint density at radius 2 is 2.00 bits per heavy atom. The van der Waals surface area contributed by atoms with E-state index in [0.29, 0.717) is 5.92 Å². The predicted octanol–water partition coefficient (Wildman–Crippen LogP) is 2.17. The highest BCUT2D eigenvalue weighted by molar-refractivity contribution is 5.89. The molecule has 1 saturated heterocycles. The van der Waals surface area contributed by atoms with Crippen molar-refractivity contribution in [2.24, 2.45) is 23.0 Å². The molecular weight excluding hydrogens is 264 g/mol. The van der Waals surface area contributed by atoms with Crippen molar-refractivity contribution in [3.05, 3.63) is 0 Å². The molecule has 4 heteroatoms. The minimum Gasteiger partial charge on any atom is -0.377 e. The first-order chi connectivity index (χ1) is 9.80. The highest BCUT2D eigenvalue weighted by Crippen LogP contribution is 2.58. The Hall–Kier alpha value is -0.610. The Kier molecular flexibility index (Phi) is 3.61. The maximum absolute atomic E-state index is 13.3. The van der Waals surface area contributed by atoms with Gasteiger partial charge in [-0.15, -0.1) is 0 Å². The third-order valence-electron chi connectivity index (χ3n) is 6.07. The smallest absolute Gasteiger partial charge is 0.243 e. The molecule has 0 bridgehead atoms. The van der Waals surface area contributed by atoms with Gasteiger partial charge in [0.15, 0.2) is 0 Å². The van der Waals surface area contributed by atoms with Gasteiger partial charge < -0.3 is 15.4 Å². The first-order valence-corrected chi connectivity index (χ1v) is 8.51. The monoisotopic (exact) mass is 294 g/mol. The fourth-order valence-corrected chi connectivity index (χ4v) is 4.35. The van der Waals surface area contributed by atoms with Crippen molar-refractivity contribution in [3.8, 4) is 0 Å². The number of nitrogens with zero attached hydrogens (tertiary/aromatic N) is 1. The average Bonchev–Trinajstić information content (AvgIpc) is 3.26. The number of nitrogens with two attached hydrogens (primary N) is 1. The Morgan fingerprint density at radius 3 is 2.57 bits per heavy atom. The maximum atomic E-state index is 13.3. The number of carbonyl (C=O) groups is 1. The zero-order valence-corrected chi connectivity index (χ0v) is 13.9. The van der Waals surface area contributed by atoms with Crippen LogP contribution in [-0.2, 0) is 9.53 Å². The molecule has 4 nitrogen and oxygen atoms in total. The van der Waals surface area contributed by atoms with E-state index < -0.39 is 5.54 Å². The molecule has 0 aromatic rings. The number of amides is 1. The van der Waals surface area contributed by atoms with Gasteiger partial charge in [-0.2, -0.15) is 0 Å². The normalized spacial score (nSPS) is 37.8. The summed E-state index contributed by atoms with van der Waals surface area (Å²) in [7, 11) is 0. The fraction of sp³-hybridized carbons (Fsp3) is 0.941. The second-order valence-electron chi connectivity index (χ2n) is 8.13. The molecule has 21 heavy (non-hydrogen) atoms. The van der Waals surface area contributed by atoms with Crippen LogP contribution in [0.25, 0.3) is 0 Å². The van der Waals surface area contributed by atoms with Crippen LogP contribution in [0, 0.1) is 17.3 Å². The van der Waals surface area contributed by atoms with E-state index in [2.05, 4.69) is 27.7 Å². The summed E-state index contributed by atoms with van der Waals surface area (Å²) in [6.07, 6.45) is 4.70. The summed E-state index contributed by atoms with van der Waals surface area (Å²) >= 11 is 0. The van der Waals surface area contributed by atoms with Crippen LogP contribution in [0.1, 0.15) is 53.4 Å². The molecule has 2 saturated carbocycles. The van der Waals surface area contributed by atoms with Crippen LogP contribution in [0.15, 0.2) is 0 Å². The summed E-state index contributed by atoms with van der Waals surface area (Å²) in [6.45, 7) is 10.1. The Morgan fingerprint density at radius 1 is 1.33 bits per heavy atom. The molecule has 3 rings (SSSR count). The van der Waals surface area contributed by atoms with E-state index in [9.17, 15) is 4.79 Å². The van der Waals surface area contributed by atoms with E-state index in [1.165, 1.54) is 12.8 Å². The van der Waals surface area contributed by atoms with Crippen molar-refractivity contribution in [2.45, 2.75) is 71.1 Å². The molecule has 0 spiro atoms. The maximum Gasteiger partial charge on any atom is 0.243 e. The van der Waals surface area contributed by atoms with Gasteiger partial charge in [0.1, 0.15) is 5.54 Å². The number of carbonyl (C=O) groups excluding carboxylic acids is 1. The van der Waals surface area contributed by atoms with Crippen molar-refractivity contribution in [3.63, 3.8) is 0 Å². The second kappa shape index (κ2) is 4.95. The van der Waals surface area contributed by atoms with Crippen LogP contribution in [0.2, 0.25) is 0 Å². The topological polar surface area (TPSA) is 55.6 Å². The lowest BCUT2D eigenvalue weighted by molar-refractivity contribution is -0.231. The van der Waals surface area contributed by atoms with Gasteiger partial charge >= 0.3 is 0 Å². The van der Waals surface area contributed by atoms with Gasteiger partial charge in [0.05, 0.1) is 6.10 Å². The van der Waals surface area contributed by atoms with Gasteiger partial charge in [-0.1, -0.05) is 13.8 Å². The summed E-state index contributed by atoms with van der Waals surface area (Å²) in [5.74, 6) is 1.04. The van der Waals surface area contributed by atoms with Crippen molar-refractivity contribution >= 4 is 5.91 Å². The molecule has 2 N–H and O–H groups in total. The average molecular weight is 294 g/mol. The number of fused-ring (bicyclic) bond motifs is 1. The molecule has 0 radical (unpaired) electrons. The molecule has 1 aliphatic heterocycles. The predicted molar refractivity (Wildman–Crippen MR) is 82.7 cm³/mol. The van der Waals surface area contributed by atoms with Gasteiger partial charge in [0, 0.05) is 30.5 Å². The first-order valence-electron chi connectivity index (χ1n) is 8.51. The van der Waals surface area contributed by atoms with E-state index in [1.807, 2.05) is 4.90 Å². The fourth-order valence-electron chi connectivity index (χ4n) is 4.35. The largest absolute Gasteiger partial charge is 0.377 e. The lowest BCUT2D eigenvalue weighted by Crippen LogP contribution is -2.82. The minimum atomic E-state index is -0.753. The number of ether oxygens (including phenoxy) is 1. The zero-order chi connectivity index (χ0) is 15.4. The lowest BCUT2D eigenvalue weighted by Gasteiger charge is -2.66. The highest BCUT2D eigenvalue weighted by atomic mass is 16.5. The molecule has 120 valence electrons.